The molecule has 0 radical (unpaired) electrons. The number of alkyl halides is 3. The second kappa shape index (κ2) is 9.29. The molecule has 0 atom stereocenters. The van der Waals surface area contributed by atoms with Crippen LogP contribution in [0.5, 0.6) is 11.5 Å². The predicted octanol–water partition coefficient (Wildman–Crippen LogP) is 5.21. The van der Waals surface area contributed by atoms with Gasteiger partial charge < -0.3 is 14.8 Å². The van der Waals surface area contributed by atoms with E-state index in [1.54, 1.807) is 42.5 Å². The number of nitrogens with one attached hydrogen (secondary N) is 2. The second-order valence-corrected chi connectivity index (χ2v) is 8.89. The molecule has 0 unspecified atom stereocenters. The van der Waals surface area contributed by atoms with Gasteiger partial charge in [-0.3, -0.25) is 4.72 Å². The first-order valence-corrected chi connectivity index (χ1v) is 11.5. The van der Waals surface area contributed by atoms with Crippen molar-refractivity contribution in [3.8, 4) is 11.5 Å². The van der Waals surface area contributed by atoms with Gasteiger partial charge in [0, 0.05) is 23.9 Å². The molecule has 4 rings (SSSR count). The van der Waals surface area contributed by atoms with Gasteiger partial charge in [-0.2, -0.15) is 13.2 Å². The molecule has 182 valence electrons. The number of benzene rings is 3. The van der Waals surface area contributed by atoms with Crippen LogP contribution in [0.4, 0.5) is 30.5 Å². The molecule has 0 saturated heterocycles. The maximum absolute atomic E-state index is 13.5. The number of anilines is 3. The van der Waals surface area contributed by atoms with Gasteiger partial charge in [0.15, 0.2) is 11.6 Å². The zero-order valence-corrected chi connectivity index (χ0v) is 19.2. The van der Waals surface area contributed by atoms with Crippen LogP contribution in [0.2, 0.25) is 0 Å². The van der Waals surface area contributed by atoms with Gasteiger partial charge in [-0.05, 0) is 24.3 Å². The van der Waals surface area contributed by atoms with Crippen LogP contribution >= 0.6 is 0 Å². The molecule has 0 spiro atoms. The highest BCUT2D eigenvalue weighted by molar-refractivity contribution is 7.92. The van der Waals surface area contributed by atoms with Crippen molar-refractivity contribution < 1.29 is 31.1 Å². The zero-order chi connectivity index (χ0) is 25.2. The largest absolute Gasteiger partial charge is 0.497 e. The molecule has 0 amide bonds. The van der Waals surface area contributed by atoms with Gasteiger partial charge >= 0.3 is 6.18 Å². The lowest BCUT2D eigenvalue weighted by Gasteiger charge is -2.17. The zero-order valence-electron chi connectivity index (χ0n) is 18.4. The van der Waals surface area contributed by atoms with Gasteiger partial charge in [0.1, 0.15) is 11.5 Å². The lowest BCUT2D eigenvalue weighted by molar-refractivity contribution is -0.139. The Balaban J connectivity index is 1.82. The topological polar surface area (TPSA) is 102 Å². The lowest BCUT2D eigenvalue weighted by atomic mass is 10.2. The monoisotopic (exact) mass is 504 g/mol. The van der Waals surface area contributed by atoms with Crippen molar-refractivity contribution in [1.29, 1.82) is 0 Å². The molecule has 8 nitrogen and oxygen atoms in total. The van der Waals surface area contributed by atoms with Crippen LogP contribution in [-0.4, -0.2) is 32.6 Å². The summed E-state index contributed by atoms with van der Waals surface area (Å²) in [5, 5.41) is 2.95. The van der Waals surface area contributed by atoms with Gasteiger partial charge in [0.25, 0.3) is 10.0 Å². The van der Waals surface area contributed by atoms with E-state index in [-0.39, 0.29) is 11.6 Å². The lowest BCUT2D eigenvalue weighted by Crippen LogP contribution is -2.20. The fourth-order valence-electron chi connectivity index (χ4n) is 3.29. The van der Waals surface area contributed by atoms with E-state index in [0.717, 1.165) is 12.1 Å². The van der Waals surface area contributed by atoms with Crippen LogP contribution < -0.4 is 19.5 Å². The quantitative estimate of drug-likeness (QED) is 0.356. The number of methoxy groups -OCH3 is 2. The van der Waals surface area contributed by atoms with E-state index >= 15 is 0 Å². The Morgan fingerprint density at radius 1 is 0.800 bits per heavy atom. The van der Waals surface area contributed by atoms with Gasteiger partial charge in [0.05, 0.1) is 35.7 Å². The molecule has 0 aliphatic rings. The average molecular weight is 504 g/mol. The number of rotatable bonds is 7. The van der Waals surface area contributed by atoms with E-state index in [4.69, 9.17) is 9.47 Å². The van der Waals surface area contributed by atoms with Crippen LogP contribution in [0.1, 0.15) is 5.56 Å². The first-order chi connectivity index (χ1) is 16.6. The third-order valence-electron chi connectivity index (χ3n) is 4.90. The van der Waals surface area contributed by atoms with Crippen LogP contribution in [0, 0.1) is 0 Å². The van der Waals surface area contributed by atoms with Crippen molar-refractivity contribution in [3.05, 3.63) is 72.3 Å². The third-order valence-corrected chi connectivity index (χ3v) is 6.29. The maximum atomic E-state index is 13.5. The van der Waals surface area contributed by atoms with Crippen molar-refractivity contribution in [3.63, 3.8) is 0 Å². The number of aromatic nitrogens is 2. The van der Waals surface area contributed by atoms with E-state index in [2.05, 4.69) is 20.0 Å². The summed E-state index contributed by atoms with van der Waals surface area (Å²) in [5.41, 5.74) is -0.109. The molecule has 1 aromatic heterocycles. The Morgan fingerprint density at radius 3 is 1.91 bits per heavy atom. The smallest absolute Gasteiger partial charge is 0.417 e. The summed E-state index contributed by atoms with van der Waals surface area (Å²) in [5.74, 6) is 0.568. The van der Waals surface area contributed by atoms with Crippen molar-refractivity contribution in [2.45, 2.75) is 11.1 Å². The number of hydrogen-bond acceptors (Lipinski definition) is 7. The highest BCUT2D eigenvalue weighted by Crippen LogP contribution is 2.36. The molecule has 3 aromatic carbocycles. The van der Waals surface area contributed by atoms with Gasteiger partial charge in [-0.25, -0.2) is 18.4 Å². The number of sulfonamides is 1. The molecule has 0 fully saturated rings. The molecule has 12 heteroatoms. The van der Waals surface area contributed by atoms with Crippen LogP contribution in [-0.2, 0) is 16.2 Å². The van der Waals surface area contributed by atoms with Crippen molar-refractivity contribution >= 4 is 38.4 Å². The third kappa shape index (κ3) is 5.22. The summed E-state index contributed by atoms with van der Waals surface area (Å²) >= 11 is 0. The Bertz CT molecular complexity index is 1470. The first kappa shape index (κ1) is 24.1. The number of ether oxygens (including phenoxy) is 2. The highest BCUT2D eigenvalue weighted by Gasteiger charge is 2.37. The Hall–Kier alpha value is -4.06. The minimum atomic E-state index is -4.88. The number of nitrogens with zero attached hydrogens (tertiary/aromatic N) is 2. The van der Waals surface area contributed by atoms with Crippen LogP contribution in [0.25, 0.3) is 11.0 Å². The fourth-order valence-corrected chi connectivity index (χ4v) is 4.53. The van der Waals surface area contributed by atoms with Crippen molar-refractivity contribution in [2.75, 3.05) is 24.3 Å². The molecule has 0 saturated carbocycles. The minimum absolute atomic E-state index is 0.0351. The molecule has 4 aromatic rings. The summed E-state index contributed by atoms with van der Waals surface area (Å²) in [6, 6.07) is 15.4. The summed E-state index contributed by atoms with van der Waals surface area (Å²) in [7, 11) is -1.77. The van der Waals surface area contributed by atoms with E-state index in [9.17, 15) is 21.6 Å². The molecular formula is C23H19F3N4O4S. The number of hydrogen-bond donors (Lipinski definition) is 2. The summed E-state index contributed by atoms with van der Waals surface area (Å²) < 4.78 is 79.2. The van der Waals surface area contributed by atoms with Crippen molar-refractivity contribution in [1.82, 2.24) is 9.97 Å². The first-order valence-electron chi connectivity index (χ1n) is 10.1. The molecule has 2 N–H and O–H groups in total. The highest BCUT2D eigenvalue weighted by atomic mass is 32.2. The molecule has 0 aliphatic carbocycles. The predicted molar refractivity (Wildman–Crippen MR) is 125 cm³/mol. The number of halogens is 3. The van der Waals surface area contributed by atoms with Crippen molar-refractivity contribution in [2.24, 2.45) is 0 Å². The Kier molecular flexibility index (Phi) is 6.39. The van der Waals surface area contributed by atoms with Crippen LogP contribution in [0.3, 0.4) is 0 Å². The summed E-state index contributed by atoms with van der Waals surface area (Å²) in [6.07, 6.45) is -4.88. The number of fused-ring (bicyclic) bond motifs is 1. The minimum Gasteiger partial charge on any atom is -0.497 e. The molecular weight excluding hydrogens is 485 g/mol. The van der Waals surface area contributed by atoms with E-state index in [0.29, 0.717) is 34.3 Å². The maximum Gasteiger partial charge on any atom is 0.417 e. The normalized spacial score (nSPS) is 11.8. The number of para-hydroxylation sites is 2. The average Bonchev–Trinajstić information content (AvgIpc) is 2.83. The van der Waals surface area contributed by atoms with Gasteiger partial charge in [-0.1, -0.05) is 24.3 Å². The fraction of sp³-hybridized carbons (Fsp3) is 0.130. The van der Waals surface area contributed by atoms with Crippen LogP contribution in [0.15, 0.2) is 71.6 Å². The van der Waals surface area contributed by atoms with E-state index in [1.165, 1.54) is 20.3 Å². The molecule has 35 heavy (non-hydrogen) atoms. The van der Waals surface area contributed by atoms with Gasteiger partial charge in [0.2, 0.25) is 0 Å². The summed E-state index contributed by atoms with van der Waals surface area (Å²) in [4.78, 5) is 7.79. The Labute approximate surface area is 198 Å². The van der Waals surface area contributed by atoms with E-state index in [1.807, 2.05) is 0 Å². The molecule has 0 aliphatic heterocycles. The van der Waals surface area contributed by atoms with Gasteiger partial charge in [-0.15, -0.1) is 0 Å². The standard InChI is InChI=1S/C23H19F3N4O4S/c1-33-15-11-14(12-16(13-15)34-2)27-21-22(29-19-9-5-4-8-18(19)28-21)30-35(31,32)20-10-6-3-7-17(20)23(24,25)26/h3-13H,1-2H3,(H,27,28)(H,29,30). The van der Waals surface area contributed by atoms with E-state index < -0.39 is 26.7 Å². The summed E-state index contributed by atoms with van der Waals surface area (Å²) in [6.45, 7) is 0. The Morgan fingerprint density at radius 2 is 1.34 bits per heavy atom. The SMILES string of the molecule is COc1cc(Nc2nc3ccccc3nc2NS(=O)(=O)c2ccccc2C(F)(F)F)cc(OC)c1. The molecule has 0 bridgehead atoms. The second-order valence-electron chi connectivity index (χ2n) is 7.24. The molecule has 1 heterocycles.